The van der Waals surface area contributed by atoms with Crippen LogP contribution in [-0.4, -0.2) is 39.0 Å². The van der Waals surface area contributed by atoms with E-state index in [1.165, 1.54) is 24.7 Å². The Morgan fingerprint density at radius 3 is 2.58 bits per heavy atom. The van der Waals surface area contributed by atoms with Gasteiger partial charge in [-0.1, -0.05) is 23.7 Å². The van der Waals surface area contributed by atoms with Gasteiger partial charge in [-0.2, -0.15) is 0 Å². The first-order chi connectivity index (χ1) is 11.6. The molecule has 1 N–H and O–H groups in total. The number of aromatic nitrogens is 2. The van der Waals surface area contributed by atoms with Crippen LogP contribution in [0.15, 0.2) is 36.8 Å². The van der Waals surface area contributed by atoms with Gasteiger partial charge in [-0.15, -0.1) is 0 Å². The lowest BCUT2D eigenvalue weighted by Gasteiger charge is -2.34. The molecule has 0 spiro atoms. The average molecular weight is 350 g/mol. The molecule has 1 aliphatic rings. The number of carbonyl (C=O) groups excluding carboxylic acids is 1. The number of aliphatic hydroxyl groups is 1. The molecule has 0 radical (unpaired) electrons. The van der Waals surface area contributed by atoms with Crippen LogP contribution < -0.4 is 0 Å². The molecule has 1 saturated heterocycles. The van der Waals surface area contributed by atoms with E-state index in [9.17, 15) is 14.3 Å². The molecule has 7 heteroatoms. The van der Waals surface area contributed by atoms with Gasteiger partial charge in [-0.3, -0.25) is 4.79 Å². The number of halogens is 2. The van der Waals surface area contributed by atoms with Gasteiger partial charge in [0, 0.05) is 19.3 Å². The lowest BCUT2D eigenvalue weighted by molar-refractivity contribution is 0.0458. The zero-order valence-corrected chi connectivity index (χ0v) is 13.7. The van der Waals surface area contributed by atoms with Crippen molar-refractivity contribution in [3.8, 4) is 0 Å². The molecule has 126 valence electrons. The van der Waals surface area contributed by atoms with Crippen LogP contribution in [0.1, 0.15) is 35.0 Å². The summed E-state index contributed by atoms with van der Waals surface area (Å²) in [5.41, 5.74) is 0.893. The molecule has 0 aliphatic carbocycles. The summed E-state index contributed by atoms with van der Waals surface area (Å²) in [4.78, 5) is 21.9. The van der Waals surface area contributed by atoms with Crippen molar-refractivity contribution in [1.29, 1.82) is 0 Å². The van der Waals surface area contributed by atoms with E-state index in [1.54, 1.807) is 17.0 Å². The van der Waals surface area contributed by atoms with Crippen LogP contribution in [0.3, 0.4) is 0 Å². The Hall–Kier alpha value is -2.05. The Bertz CT molecular complexity index is 718. The van der Waals surface area contributed by atoms with Crippen LogP contribution >= 0.6 is 11.6 Å². The van der Waals surface area contributed by atoms with Crippen molar-refractivity contribution in [2.45, 2.75) is 18.9 Å². The predicted molar refractivity (Wildman–Crippen MR) is 87.0 cm³/mol. The summed E-state index contributed by atoms with van der Waals surface area (Å²) in [5.74, 6) is -0.523. The highest BCUT2D eigenvalue weighted by Gasteiger charge is 2.29. The molecule has 0 saturated carbocycles. The number of aliphatic hydroxyl groups excluding tert-OH is 1. The summed E-state index contributed by atoms with van der Waals surface area (Å²) >= 11 is 5.97. The Kier molecular flexibility index (Phi) is 5.06. The summed E-state index contributed by atoms with van der Waals surface area (Å²) in [6.07, 6.45) is 3.35. The first kappa shape index (κ1) is 16.8. The van der Waals surface area contributed by atoms with Crippen molar-refractivity contribution in [2.75, 3.05) is 13.1 Å². The van der Waals surface area contributed by atoms with E-state index in [4.69, 9.17) is 11.6 Å². The fraction of sp³-hybridized carbons (Fsp3) is 0.353. The monoisotopic (exact) mass is 349 g/mol. The van der Waals surface area contributed by atoms with Crippen molar-refractivity contribution in [2.24, 2.45) is 5.92 Å². The number of piperidine rings is 1. The van der Waals surface area contributed by atoms with Gasteiger partial charge >= 0.3 is 0 Å². The van der Waals surface area contributed by atoms with Crippen molar-refractivity contribution >= 4 is 17.5 Å². The van der Waals surface area contributed by atoms with Crippen LogP contribution in [-0.2, 0) is 0 Å². The van der Waals surface area contributed by atoms with Gasteiger partial charge in [-0.25, -0.2) is 14.4 Å². The largest absolute Gasteiger partial charge is 0.388 e. The van der Waals surface area contributed by atoms with E-state index >= 15 is 0 Å². The van der Waals surface area contributed by atoms with Gasteiger partial charge < -0.3 is 10.0 Å². The van der Waals surface area contributed by atoms with Gasteiger partial charge in [0.05, 0.1) is 11.1 Å². The summed E-state index contributed by atoms with van der Waals surface area (Å²) < 4.78 is 13.0. The standard InChI is InChI=1S/C17H17ClFN3O2/c18-14-9-20-10-21-15(14)17(24)22-7-5-12(6-8-22)16(23)11-1-3-13(19)4-2-11/h1-4,9-10,12,16,23H,5-8H2. The highest BCUT2D eigenvalue weighted by atomic mass is 35.5. The first-order valence-corrected chi connectivity index (χ1v) is 8.12. The van der Waals surface area contributed by atoms with Crippen molar-refractivity contribution in [3.05, 3.63) is 58.9 Å². The number of nitrogens with zero attached hydrogens (tertiary/aromatic N) is 3. The highest BCUT2D eigenvalue weighted by Crippen LogP contribution is 2.31. The minimum absolute atomic E-state index is 0.0281. The average Bonchev–Trinajstić information content (AvgIpc) is 2.62. The molecule has 2 aromatic rings. The number of hydrogen-bond acceptors (Lipinski definition) is 4. The first-order valence-electron chi connectivity index (χ1n) is 7.74. The molecular weight excluding hydrogens is 333 g/mol. The minimum Gasteiger partial charge on any atom is -0.388 e. The summed E-state index contributed by atoms with van der Waals surface area (Å²) in [6, 6.07) is 5.87. The summed E-state index contributed by atoms with van der Waals surface area (Å²) in [7, 11) is 0. The normalized spacial score (nSPS) is 16.9. The van der Waals surface area contributed by atoms with E-state index < -0.39 is 6.10 Å². The fourth-order valence-electron chi connectivity index (χ4n) is 2.97. The molecule has 1 aromatic carbocycles. The lowest BCUT2D eigenvalue weighted by Crippen LogP contribution is -2.40. The number of rotatable bonds is 3. The molecule has 1 unspecified atom stereocenters. The quantitative estimate of drug-likeness (QED) is 0.925. The molecule has 2 heterocycles. The highest BCUT2D eigenvalue weighted by molar-refractivity contribution is 6.33. The van der Waals surface area contributed by atoms with Gasteiger partial charge in [0.2, 0.25) is 0 Å². The molecular formula is C17H17ClFN3O2. The Labute approximate surface area is 144 Å². The molecule has 5 nitrogen and oxygen atoms in total. The fourth-order valence-corrected chi connectivity index (χ4v) is 3.16. The Morgan fingerprint density at radius 1 is 1.29 bits per heavy atom. The third-order valence-electron chi connectivity index (χ3n) is 4.36. The molecule has 3 rings (SSSR count). The molecule has 24 heavy (non-hydrogen) atoms. The van der Waals surface area contributed by atoms with Gasteiger partial charge in [0.1, 0.15) is 17.8 Å². The lowest BCUT2D eigenvalue weighted by atomic mass is 9.87. The Balaban J connectivity index is 1.62. The number of hydrogen-bond donors (Lipinski definition) is 1. The van der Waals surface area contributed by atoms with Gasteiger partial charge in [0.25, 0.3) is 5.91 Å². The molecule has 1 amide bonds. The minimum atomic E-state index is -0.662. The smallest absolute Gasteiger partial charge is 0.274 e. The molecule has 1 atom stereocenters. The zero-order valence-electron chi connectivity index (χ0n) is 12.9. The molecule has 1 fully saturated rings. The number of carbonyl (C=O) groups is 1. The van der Waals surface area contributed by atoms with E-state index in [1.807, 2.05) is 0 Å². The molecule has 1 aromatic heterocycles. The summed E-state index contributed by atoms with van der Waals surface area (Å²) in [5, 5.41) is 10.7. The van der Waals surface area contributed by atoms with Crippen LogP contribution in [0, 0.1) is 11.7 Å². The second-order valence-corrected chi connectivity index (χ2v) is 6.25. The maximum atomic E-state index is 13.0. The van der Waals surface area contributed by atoms with Gasteiger partial charge in [-0.05, 0) is 36.5 Å². The van der Waals surface area contributed by atoms with Crippen LogP contribution in [0.25, 0.3) is 0 Å². The van der Waals surface area contributed by atoms with Crippen LogP contribution in [0.2, 0.25) is 5.02 Å². The van der Waals surface area contributed by atoms with Crippen molar-refractivity contribution in [3.63, 3.8) is 0 Å². The molecule has 0 bridgehead atoms. The number of benzene rings is 1. The number of likely N-dealkylation sites (tertiary alicyclic amines) is 1. The van der Waals surface area contributed by atoms with Crippen LogP contribution in [0.5, 0.6) is 0 Å². The maximum Gasteiger partial charge on any atom is 0.274 e. The Morgan fingerprint density at radius 2 is 1.96 bits per heavy atom. The second kappa shape index (κ2) is 7.23. The third kappa shape index (κ3) is 3.55. The molecule has 1 aliphatic heterocycles. The van der Waals surface area contributed by atoms with Crippen molar-refractivity contribution in [1.82, 2.24) is 14.9 Å². The van der Waals surface area contributed by atoms with E-state index in [-0.39, 0.29) is 28.4 Å². The maximum absolute atomic E-state index is 13.0. The van der Waals surface area contributed by atoms with Crippen LogP contribution in [0.4, 0.5) is 4.39 Å². The van der Waals surface area contributed by atoms with E-state index in [0.29, 0.717) is 31.5 Å². The zero-order chi connectivity index (χ0) is 17.1. The van der Waals surface area contributed by atoms with Gasteiger partial charge in [0.15, 0.2) is 0 Å². The third-order valence-corrected chi connectivity index (χ3v) is 4.63. The SMILES string of the molecule is O=C(c1ncncc1Cl)N1CCC(C(O)c2ccc(F)cc2)CC1. The predicted octanol–water partition coefficient (Wildman–Crippen LogP) is 2.85. The van der Waals surface area contributed by atoms with E-state index in [2.05, 4.69) is 9.97 Å². The second-order valence-electron chi connectivity index (χ2n) is 5.85. The summed E-state index contributed by atoms with van der Waals surface area (Å²) in [6.45, 7) is 1.03. The van der Waals surface area contributed by atoms with E-state index in [0.717, 1.165) is 0 Å². The topological polar surface area (TPSA) is 66.3 Å². The van der Waals surface area contributed by atoms with Crippen molar-refractivity contribution < 1.29 is 14.3 Å². The number of amides is 1.